The fourth-order valence-electron chi connectivity index (χ4n) is 6.71. The largest absolute Gasteiger partial charge is 0.493 e. The molecule has 1 N–H and O–H groups in total. The Balaban J connectivity index is 1.54. The molecule has 1 heterocycles. The fourth-order valence-corrected chi connectivity index (χ4v) is 6.71. The summed E-state index contributed by atoms with van der Waals surface area (Å²) >= 11 is 0. The van der Waals surface area contributed by atoms with E-state index < -0.39 is 6.04 Å². The first-order valence-electron chi connectivity index (χ1n) is 16.2. The highest BCUT2D eigenvalue weighted by molar-refractivity contribution is 6.10. The van der Waals surface area contributed by atoms with Gasteiger partial charge in [0.2, 0.25) is 5.75 Å². The maximum atomic E-state index is 14.6. The van der Waals surface area contributed by atoms with Gasteiger partial charge in [0.05, 0.1) is 38.7 Å². The molecular formula is C41H42N2O5. The monoisotopic (exact) mass is 642 g/mol. The first-order chi connectivity index (χ1) is 23.1. The molecule has 1 aliphatic carbocycles. The van der Waals surface area contributed by atoms with Gasteiger partial charge in [0.1, 0.15) is 0 Å². The van der Waals surface area contributed by atoms with E-state index >= 15 is 0 Å². The third-order valence-corrected chi connectivity index (χ3v) is 9.19. The Bertz CT molecular complexity index is 1860. The Morgan fingerprint density at radius 2 is 1.46 bits per heavy atom. The van der Waals surface area contributed by atoms with Gasteiger partial charge in [-0.2, -0.15) is 0 Å². The van der Waals surface area contributed by atoms with Gasteiger partial charge in [-0.25, -0.2) is 0 Å². The molecule has 4 aromatic rings. The van der Waals surface area contributed by atoms with Crippen molar-refractivity contribution >= 4 is 29.1 Å². The van der Waals surface area contributed by atoms with Crippen molar-refractivity contribution in [2.75, 3.05) is 31.5 Å². The molecule has 246 valence electrons. The smallest absolute Gasteiger partial charge is 0.251 e. The van der Waals surface area contributed by atoms with Crippen LogP contribution in [0.1, 0.15) is 67.8 Å². The number of nitrogens with zero attached hydrogens (tertiary/aromatic N) is 1. The molecule has 0 bridgehead atoms. The summed E-state index contributed by atoms with van der Waals surface area (Å²) in [7, 11) is 4.67. The minimum Gasteiger partial charge on any atom is -0.493 e. The molecule has 0 saturated heterocycles. The molecule has 2 atom stereocenters. The van der Waals surface area contributed by atoms with Crippen LogP contribution in [0, 0.1) is 0 Å². The van der Waals surface area contributed by atoms with Crippen molar-refractivity contribution in [2.24, 2.45) is 0 Å². The number of rotatable bonds is 7. The first kappa shape index (κ1) is 32.6. The van der Waals surface area contributed by atoms with Crippen molar-refractivity contribution in [3.8, 4) is 17.2 Å². The van der Waals surface area contributed by atoms with Crippen molar-refractivity contribution in [1.82, 2.24) is 0 Å². The van der Waals surface area contributed by atoms with Gasteiger partial charge in [-0.1, -0.05) is 87.5 Å². The number of hydrogen-bond acceptors (Lipinski definition) is 6. The lowest BCUT2D eigenvalue weighted by molar-refractivity contribution is -0.116. The Kier molecular flexibility index (Phi) is 9.13. The Hall–Kier alpha value is -5.30. The molecule has 0 saturated carbocycles. The van der Waals surface area contributed by atoms with E-state index in [2.05, 4.69) is 50.4 Å². The van der Waals surface area contributed by atoms with Crippen LogP contribution in [0.5, 0.6) is 17.2 Å². The van der Waals surface area contributed by atoms with Crippen LogP contribution in [-0.4, -0.2) is 33.0 Å². The number of fused-ring (bicyclic) bond motifs is 1. The zero-order valence-corrected chi connectivity index (χ0v) is 28.4. The van der Waals surface area contributed by atoms with Gasteiger partial charge < -0.3 is 19.5 Å². The van der Waals surface area contributed by atoms with Crippen LogP contribution >= 0.6 is 0 Å². The minimum absolute atomic E-state index is 0.0225. The fraction of sp³-hybridized carbons (Fsp3) is 0.268. The number of ether oxygens (including phenoxy) is 3. The van der Waals surface area contributed by atoms with E-state index in [1.807, 2.05) is 66.7 Å². The summed E-state index contributed by atoms with van der Waals surface area (Å²) in [4.78, 5) is 30.7. The Morgan fingerprint density at radius 1 is 0.812 bits per heavy atom. The van der Waals surface area contributed by atoms with E-state index in [1.54, 1.807) is 38.4 Å². The summed E-state index contributed by atoms with van der Waals surface area (Å²) in [6.45, 7) is 6.59. The van der Waals surface area contributed by atoms with Gasteiger partial charge in [0.25, 0.3) is 5.91 Å². The topological polar surface area (TPSA) is 77.1 Å². The van der Waals surface area contributed by atoms with Crippen LogP contribution in [0.2, 0.25) is 0 Å². The summed E-state index contributed by atoms with van der Waals surface area (Å²) in [6.07, 6.45) is 4.28. The number of ketones is 1. The minimum atomic E-state index is -0.783. The van der Waals surface area contributed by atoms with E-state index in [-0.39, 0.29) is 23.0 Å². The maximum absolute atomic E-state index is 14.6. The zero-order chi connectivity index (χ0) is 34.0. The number of methoxy groups -OCH3 is 3. The summed E-state index contributed by atoms with van der Waals surface area (Å²) in [5.74, 6) is 0.989. The number of Topliss-reactive ketones (excluding diaryl/α,β-unsaturated/α-hetero) is 1. The standard InChI is InChI=1S/C41H42N2O5/c1-41(2,3)30-19-17-27(18-20-30)28-22-32-38(34(44)23-28)39(29-24-35(46-4)40(48-6)36(25-29)47-5)43(33-15-11-10-14-31(33)42-32)37(45)21-16-26-12-8-7-9-13-26/h7-21,24-25,28,39,42H,22-23H2,1-6H3/b21-16+. The molecule has 1 aliphatic heterocycles. The predicted molar refractivity (Wildman–Crippen MR) is 191 cm³/mol. The van der Waals surface area contributed by atoms with Crippen LogP contribution in [-0.2, 0) is 15.0 Å². The highest BCUT2D eigenvalue weighted by Gasteiger charge is 2.42. The van der Waals surface area contributed by atoms with Crippen LogP contribution in [0.4, 0.5) is 11.4 Å². The molecule has 0 radical (unpaired) electrons. The van der Waals surface area contributed by atoms with E-state index in [9.17, 15) is 9.59 Å². The summed E-state index contributed by atoms with van der Waals surface area (Å²) in [5.41, 5.74) is 6.70. The van der Waals surface area contributed by atoms with Gasteiger partial charge in [0, 0.05) is 23.8 Å². The highest BCUT2D eigenvalue weighted by Crippen LogP contribution is 2.50. The van der Waals surface area contributed by atoms with Gasteiger partial charge in [-0.3, -0.25) is 14.5 Å². The van der Waals surface area contributed by atoms with E-state index in [4.69, 9.17) is 14.2 Å². The lowest BCUT2D eigenvalue weighted by atomic mass is 9.77. The normalized spacial score (nSPS) is 17.7. The molecule has 4 aromatic carbocycles. The lowest BCUT2D eigenvalue weighted by Gasteiger charge is -2.35. The van der Waals surface area contributed by atoms with Gasteiger partial charge in [0.15, 0.2) is 17.3 Å². The number of para-hydroxylation sites is 2. The number of anilines is 2. The summed E-state index contributed by atoms with van der Waals surface area (Å²) < 4.78 is 17.1. The lowest BCUT2D eigenvalue weighted by Crippen LogP contribution is -2.37. The van der Waals surface area contributed by atoms with E-state index in [1.165, 1.54) is 5.56 Å². The Morgan fingerprint density at radius 3 is 2.08 bits per heavy atom. The van der Waals surface area contributed by atoms with Crippen LogP contribution in [0.15, 0.2) is 108 Å². The molecular weight excluding hydrogens is 600 g/mol. The number of amides is 1. The number of allylic oxidation sites excluding steroid dienone is 1. The average Bonchev–Trinajstić information content (AvgIpc) is 3.25. The molecule has 0 fully saturated rings. The van der Waals surface area contributed by atoms with Gasteiger partial charge >= 0.3 is 0 Å². The SMILES string of the molecule is COc1cc(C2C3=C(CC(c4ccc(C(C)(C)C)cc4)CC3=O)Nc3ccccc3N2C(=O)/C=C/c2ccccc2)cc(OC)c1OC. The molecule has 0 aromatic heterocycles. The van der Waals surface area contributed by atoms with Gasteiger partial charge in [-0.05, 0) is 70.3 Å². The highest BCUT2D eigenvalue weighted by atomic mass is 16.5. The van der Waals surface area contributed by atoms with E-state index in [0.717, 1.165) is 22.5 Å². The molecule has 1 amide bonds. The second-order valence-corrected chi connectivity index (χ2v) is 13.2. The predicted octanol–water partition coefficient (Wildman–Crippen LogP) is 8.62. The third-order valence-electron chi connectivity index (χ3n) is 9.19. The molecule has 2 aliphatic rings. The van der Waals surface area contributed by atoms with Crippen LogP contribution < -0.4 is 24.4 Å². The number of nitrogens with one attached hydrogen (secondary N) is 1. The molecule has 6 rings (SSSR count). The van der Waals surface area contributed by atoms with Crippen molar-refractivity contribution in [2.45, 2.75) is 51.0 Å². The second kappa shape index (κ2) is 13.4. The number of carbonyl (C=O) groups is 2. The van der Waals surface area contributed by atoms with Crippen molar-refractivity contribution in [3.05, 3.63) is 131 Å². The van der Waals surface area contributed by atoms with Crippen molar-refractivity contribution < 1.29 is 23.8 Å². The van der Waals surface area contributed by atoms with Crippen molar-refractivity contribution in [1.29, 1.82) is 0 Å². The van der Waals surface area contributed by atoms with Crippen LogP contribution in [0.3, 0.4) is 0 Å². The molecule has 7 nitrogen and oxygen atoms in total. The molecule has 0 spiro atoms. The van der Waals surface area contributed by atoms with Gasteiger partial charge in [-0.15, -0.1) is 0 Å². The number of benzene rings is 4. The summed E-state index contributed by atoms with van der Waals surface area (Å²) in [6, 6.07) is 28.9. The molecule has 2 unspecified atom stereocenters. The number of hydrogen-bond donors (Lipinski definition) is 1. The quantitative estimate of drug-likeness (QED) is 0.204. The van der Waals surface area contributed by atoms with Crippen molar-refractivity contribution in [3.63, 3.8) is 0 Å². The Labute approximate surface area is 282 Å². The number of carbonyl (C=O) groups excluding carboxylic acids is 2. The molecule has 48 heavy (non-hydrogen) atoms. The summed E-state index contributed by atoms with van der Waals surface area (Å²) in [5, 5.41) is 3.62. The first-order valence-corrected chi connectivity index (χ1v) is 16.2. The zero-order valence-electron chi connectivity index (χ0n) is 28.4. The molecule has 7 heteroatoms. The van der Waals surface area contributed by atoms with E-state index in [0.29, 0.717) is 46.9 Å². The second-order valence-electron chi connectivity index (χ2n) is 13.2. The average molecular weight is 643 g/mol. The maximum Gasteiger partial charge on any atom is 0.251 e. The third kappa shape index (κ3) is 6.33. The van der Waals surface area contributed by atoms with Crippen LogP contribution in [0.25, 0.3) is 6.08 Å².